The molecule has 0 aliphatic rings. The molecule has 7 nitrogen and oxygen atoms in total. The molecule has 0 atom stereocenters. The molecule has 3 aromatic rings. The van der Waals surface area contributed by atoms with Gasteiger partial charge in [-0.25, -0.2) is 0 Å². The Morgan fingerprint density at radius 3 is 2.61 bits per heavy atom. The summed E-state index contributed by atoms with van der Waals surface area (Å²) in [6, 6.07) is 14.4. The van der Waals surface area contributed by atoms with E-state index in [1.807, 2.05) is 31.2 Å². The van der Waals surface area contributed by atoms with Gasteiger partial charge in [0.2, 0.25) is 11.0 Å². The molecule has 0 saturated heterocycles. The van der Waals surface area contributed by atoms with Gasteiger partial charge in [0.25, 0.3) is 5.91 Å². The van der Waals surface area contributed by atoms with Crippen LogP contribution in [0.3, 0.4) is 0 Å². The van der Waals surface area contributed by atoms with Crippen molar-refractivity contribution < 1.29 is 14.3 Å². The van der Waals surface area contributed by atoms with E-state index in [1.165, 1.54) is 23.1 Å². The zero-order valence-corrected chi connectivity index (χ0v) is 16.9. The van der Waals surface area contributed by atoms with Crippen molar-refractivity contribution in [3.8, 4) is 5.75 Å². The van der Waals surface area contributed by atoms with E-state index in [0.717, 1.165) is 11.3 Å². The first kappa shape index (κ1) is 19.8. The van der Waals surface area contributed by atoms with Crippen molar-refractivity contribution in [3.05, 3.63) is 59.7 Å². The summed E-state index contributed by atoms with van der Waals surface area (Å²) in [4.78, 5) is 24.3. The van der Waals surface area contributed by atoms with Crippen LogP contribution in [0.4, 0.5) is 10.8 Å². The lowest BCUT2D eigenvalue weighted by atomic mass is 10.2. The molecular weight excluding hydrogens is 396 g/mol. The Labute approximate surface area is 170 Å². The number of anilines is 2. The van der Waals surface area contributed by atoms with Gasteiger partial charge in [0.05, 0.1) is 12.9 Å². The molecule has 2 N–H and O–H groups in total. The van der Waals surface area contributed by atoms with E-state index in [2.05, 4.69) is 20.8 Å². The van der Waals surface area contributed by atoms with Gasteiger partial charge in [0.15, 0.2) is 4.34 Å². The van der Waals surface area contributed by atoms with Gasteiger partial charge in [-0.2, -0.15) is 0 Å². The first-order valence-electron chi connectivity index (χ1n) is 8.32. The highest BCUT2D eigenvalue weighted by molar-refractivity contribution is 8.01. The highest BCUT2D eigenvalue weighted by Crippen LogP contribution is 2.26. The highest BCUT2D eigenvalue weighted by atomic mass is 32.2. The van der Waals surface area contributed by atoms with E-state index < -0.39 is 0 Å². The van der Waals surface area contributed by atoms with Crippen molar-refractivity contribution in [1.82, 2.24) is 10.2 Å². The largest absolute Gasteiger partial charge is 0.497 e. The van der Waals surface area contributed by atoms with Crippen LogP contribution in [0, 0.1) is 6.92 Å². The lowest BCUT2D eigenvalue weighted by Crippen LogP contribution is -2.13. The minimum Gasteiger partial charge on any atom is -0.497 e. The van der Waals surface area contributed by atoms with Crippen LogP contribution in [0.2, 0.25) is 0 Å². The second-order valence-corrected chi connectivity index (χ2v) is 7.96. The standard InChI is InChI=1S/C19H18N4O3S2/c1-12-4-3-5-14(10-12)20-16(24)11-27-19-23-22-18(28-19)21-17(25)13-6-8-15(26-2)9-7-13/h3-10H,11H2,1-2H3,(H,20,24)(H,21,22,25). The fraction of sp³-hybridized carbons (Fsp3) is 0.158. The number of rotatable bonds is 7. The minimum absolute atomic E-state index is 0.130. The average Bonchev–Trinajstić information content (AvgIpc) is 3.14. The molecule has 1 heterocycles. The van der Waals surface area contributed by atoms with Crippen molar-refractivity contribution in [2.24, 2.45) is 0 Å². The third kappa shape index (κ3) is 5.54. The molecule has 0 aliphatic heterocycles. The number of methoxy groups -OCH3 is 1. The zero-order valence-electron chi connectivity index (χ0n) is 15.3. The van der Waals surface area contributed by atoms with Gasteiger partial charge in [-0.3, -0.25) is 14.9 Å². The monoisotopic (exact) mass is 414 g/mol. The normalized spacial score (nSPS) is 10.4. The van der Waals surface area contributed by atoms with Gasteiger partial charge < -0.3 is 10.1 Å². The van der Waals surface area contributed by atoms with E-state index >= 15 is 0 Å². The summed E-state index contributed by atoms with van der Waals surface area (Å²) in [7, 11) is 1.57. The zero-order chi connectivity index (χ0) is 19.9. The summed E-state index contributed by atoms with van der Waals surface area (Å²) < 4.78 is 5.67. The van der Waals surface area contributed by atoms with Gasteiger partial charge in [-0.15, -0.1) is 10.2 Å². The molecule has 0 spiro atoms. The molecule has 2 amide bonds. The summed E-state index contributed by atoms with van der Waals surface area (Å²) in [6.07, 6.45) is 0. The Kier molecular flexibility index (Phi) is 6.62. The first-order valence-corrected chi connectivity index (χ1v) is 10.1. The first-order chi connectivity index (χ1) is 13.5. The molecule has 1 aromatic heterocycles. The van der Waals surface area contributed by atoms with Crippen molar-refractivity contribution >= 4 is 45.7 Å². The Balaban J connectivity index is 1.50. The van der Waals surface area contributed by atoms with E-state index in [9.17, 15) is 9.59 Å². The van der Waals surface area contributed by atoms with Crippen LogP contribution in [-0.2, 0) is 4.79 Å². The predicted molar refractivity (Wildman–Crippen MR) is 111 cm³/mol. The van der Waals surface area contributed by atoms with Gasteiger partial charge >= 0.3 is 0 Å². The Morgan fingerprint density at radius 2 is 1.89 bits per heavy atom. The third-order valence-electron chi connectivity index (χ3n) is 3.61. The van der Waals surface area contributed by atoms with Gasteiger partial charge in [0.1, 0.15) is 5.75 Å². The maximum Gasteiger partial charge on any atom is 0.257 e. The number of benzene rings is 2. The maximum atomic E-state index is 12.2. The summed E-state index contributed by atoms with van der Waals surface area (Å²) in [5.41, 5.74) is 2.32. The molecule has 0 radical (unpaired) electrons. The molecule has 2 aromatic carbocycles. The van der Waals surface area contributed by atoms with Crippen LogP contribution in [0.15, 0.2) is 52.9 Å². The number of nitrogens with one attached hydrogen (secondary N) is 2. The summed E-state index contributed by atoms with van der Waals surface area (Å²) in [6.45, 7) is 1.97. The molecule has 9 heteroatoms. The number of hydrogen-bond acceptors (Lipinski definition) is 7. The number of aryl methyl sites for hydroxylation is 1. The topological polar surface area (TPSA) is 93.2 Å². The Hall–Kier alpha value is -2.91. The van der Waals surface area contributed by atoms with Crippen molar-refractivity contribution in [2.75, 3.05) is 23.5 Å². The van der Waals surface area contributed by atoms with Gasteiger partial charge in [-0.05, 0) is 48.9 Å². The summed E-state index contributed by atoms with van der Waals surface area (Å²) in [5.74, 6) is 0.465. The summed E-state index contributed by atoms with van der Waals surface area (Å²) >= 11 is 2.48. The number of amides is 2. The Morgan fingerprint density at radius 1 is 1.11 bits per heavy atom. The van der Waals surface area contributed by atoms with E-state index in [4.69, 9.17) is 4.74 Å². The van der Waals surface area contributed by atoms with Crippen molar-refractivity contribution in [1.29, 1.82) is 0 Å². The Bertz CT molecular complexity index is 973. The molecule has 144 valence electrons. The number of nitrogens with zero attached hydrogens (tertiary/aromatic N) is 2. The van der Waals surface area contributed by atoms with Gasteiger partial charge in [-0.1, -0.05) is 35.2 Å². The molecular formula is C19H18N4O3S2. The third-order valence-corrected chi connectivity index (χ3v) is 5.58. The molecule has 0 saturated carbocycles. The summed E-state index contributed by atoms with van der Waals surface area (Å²) in [5, 5.41) is 13.9. The number of hydrogen-bond donors (Lipinski definition) is 2. The second kappa shape index (κ2) is 9.34. The SMILES string of the molecule is COc1ccc(C(=O)Nc2nnc(SCC(=O)Nc3cccc(C)c3)s2)cc1. The molecule has 0 unspecified atom stereocenters. The van der Waals surface area contributed by atoms with Crippen LogP contribution in [0.1, 0.15) is 15.9 Å². The van der Waals surface area contributed by atoms with Crippen LogP contribution >= 0.6 is 23.1 Å². The number of ether oxygens (including phenoxy) is 1. The van der Waals surface area contributed by atoms with Crippen LogP contribution in [0.5, 0.6) is 5.75 Å². The molecule has 0 fully saturated rings. The lowest BCUT2D eigenvalue weighted by molar-refractivity contribution is -0.113. The van der Waals surface area contributed by atoms with E-state index in [1.54, 1.807) is 31.4 Å². The smallest absolute Gasteiger partial charge is 0.257 e. The quantitative estimate of drug-likeness (QED) is 0.451. The van der Waals surface area contributed by atoms with Crippen molar-refractivity contribution in [2.45, 2.75) is 11.3 Å². The van der Waals surface area contributed by atoms with Crippen LogP contribution < -0.4 is 15.4 Å². The predicted octanol–water partition coefficient (Wildman–Crippen LogP) is 3.84. The van der Waals surface area contributed by atoms with Crippen molar-refractivity contribution in [3.63, 3.8) is 0 Å². The van der Waals surface area contributed by atoms with Crippen LogP contribution in [0.25, 0.3) is 0 Å². The molecule has 0 bridgehead atoms. The van der Waals surface area contributed by atoms with Crippen LogP contribution in [-0.4, -0.2) is 34.9 Å². The van der Waals surface area contributed by atoms with E-state index in [0.29, 0.717) is 20.8 Å². The van der Waals surface area contributed by atoms with Gasteiger partial charge in [0, 0.05) is 11.3 Å². The second-order valence-electron chi connectivity index (χ2n) is 5.76. The lowest BCUT2D eigenvalue weighted by Gasteiger charge is -2.04. The fourth-order valence-corrected chi connectivity index (χ4v) is 3.82. The average molecular weight is 415 g/mol. The number of carbonyl (C=O) groups is 2. The maximum absolute atomic E-state index is 12.2. The molecule has 3 rings (SSSR count). The number of aromatic nitrogens is 2. The minimum atomic E-state index is -0.285. The van der Waals surface area contributed by atoms with E-state index in [-0.39, 0.29) is 17.6 Å². The molecule has 0 aliphatic carbocycles. The number of thioether (sulfide) groups is 1. The highest BCUT2D eigenvalue weighted by Gasteiger charge is 2.12. The number of carbonyl (C=O) groups excluding carboxylic acids is 2. The molecule has 28 heavy (non-hydrogen) atoms. The fourth-order valence-electron chi connectivity index (χ4n) is 2.28.